The molecule has 210 valence electrons. The lowest BCUT2D eigenvalue weighted by atomic mass is 10.1. The highest BCUT2D eigenvalue weighted by molar-refractivity contribution is 7.92. The summed E-state index contributed by atoms with van der Waals surface area (Å²) in [5, 5.41) is 13.5. The van der Waals surface area contributed by atoms with Crippen LogP contribution in [0.15, 0.2) is 47.4 Å². The third-order valence-electron chi connectivity index (χ3n) is 6.14. The number of esters is 2. The zero-order valence-corrected chi connectivity index (χ0v) is 23.6. The second-order valence-electron chi connectivity index (χ2n) is 9.33. The smallest absolute Gasteiger partial charge is 0.321 e. The maximum atomic E-state index is 13.0. The predicted octanol–water partition coefficient (Wildman–Crippen LogP) is 3.12. The van der Waals surface area contributed by atoms with Crippen molar-refractivity contribution in [2.45, 2.75) is 31.7 Å². The molecule has 12 heteroatoms. The van der Waals surface area contributed by atoms with E-state index in [4.69, 9.17) is 21.1 Å². The summed E-state index contributed by atoms with van der Waals surface area (Å²) in [6, 6.07) is 10.9. The number of hydrogen-bond donors (Lipinski definition) is 2. The predicted molar refractivity (Wildman–Crippen MR) is 145 cm³/mol. The molecule has 0 radical (unpaired) electrons. The molecule has 2 N–H and O–H groups in total. The van der Waals surface area contributed by atoms with Gasteiger partial charge in [0.1, 0.15) is 5.69 Å². The molecule has 2 atom stereocenters. The third kappa shape index (κ3) is 7.59. The van der Waals surface area contributed by atoms with Gasteiger partial charge in [0.2, 0.25) is 0 Å². The number of amides is 1. The number of carbonyl (C=O) groups excluding carboxylic acids is 3. The first-order valence-electron chi connectivity index (χ1n) is 12.1. The molecule has 0 bridgehead atoms. The van der Waals surface area contributed by atoms with Gasteiger partial charge >= 0.3 is 11.9 Å². The van der Waals surface area contributed by atoms with Crippen molar-refractivity contribution in [3.05, 3.63) is 64.3 Å². The maximum absolute atomic E-state index is 13.0. The molecule has 0 aliphatic rings. The van der Waals surface area contributed by atoms with Gasteiger partial charge in [-0.3, -0.25) is 14.4 Å². The minimum Gasteiger partial charge on any atom is -0.465 e. The summed E-state index contributed by atoms with van der Waals surface area (Å²) in [6.45, 7) is 4.04. The Morgan fingerprint density at radius 3 is 2.33 bits per heavy atom. The zero-order chi connectivity index (χ0) is 28.9. The standard InChI is InChI=1S/C27H31ClN2O8S/c1-16-9-23(28)22-11-25(30(4)24(22)10-16)27(34)29-17(2)20-5-7-21(8-6-20)39(35,36)15-26(33)38-14-19(12-31)13-37-18(3)32/h5-11,17,19,31H,12-15H2,1-4H3,(H,29,34). The van der Waals surface area contributed by atoms with E-state index in [2.05, 4.69) is 5.32 Å². The summed E-state index contributed by atoms with van der Waals surface area (Å²) in [4.78, 5) is 35.9. The fourth-order valence-corrected chi connectivity index (χ4v) is 5.37. The van der Waals surface area contributed by atoms with Crippen LogP contribution in [0.2, 0.25) is 5.02 Å². The highest BCUT2D eigenvalue weighted by Crippen LogP contribution is 2.28. The number of carbonyl (C=O) groups is 3. The van der Waals surface area contributed by atoms with Crippen molar-refractivity contribution in [2.24, 2.45) is 13.0 Å². The molecule has 0 spiro atoms. The molecule has 0 aliphatic carbocycles. The number of nitrogens with zero attached hydrogens (tertiary/aromatic N) is 1. The molecule has 0 saturated heterocycles. The van der Waals surface area contributed by atoms with Gasteiger partial charge in [0.05, 0.1) is 47.2 Å². The van der Waals surface area contributed by atoms with Crippen molar-refractivity contribution in [1.29, 1.82) is 0 Å². The topological polar surface area (TPSA) is 141 Å². The molecule has 2 unspecified atom stereocenters. The van der Waals surface area contributed by atoms with Gasteiger partial charge in [-0.2, -0.15) is 0 Å². The number of ether oxygens (including phenoxy) is 2. The van der Waals surface area contributed by atoms with Crippen LogP contribution in [-0.2, 0) is 35.9 Å². The second kappa shape index (κ2) is 12.6. The molecule has 10 nitrogen and oxygen atoms in total. The van der Waals surface area contributed by atoms with Crippen molar-refractivity contribution in [2.75, 3.05) is 25.6 Å². The number of aryl methyl sites for hydroxylation is 2. The van der Waals surface area contributed by atoms with Crippen LogP contribution in [0, 0.1) is 12.8 Å². The number of aromatic nitrogens is 1. The van der Waals surface area contributed by atoms with E-state index >= 15 is 0 Å². The number of sulfone groups is 1. The highest BCUT2D eigenvalue weighted by atomic mass is 35.5. The molecule has 1 aromatic heterocycles. The normalized spacial score (nSPS) is 13.1. The summed E-state index contributed by atoms with van der Waals surface area (Å²) in [5.74, 6) is -3.41. The van der Waals surface area contributed by atoms with Gasteiger partial charge in [-0.25, -0.2) is 8.42 Å². The first-order chi connectivity index (χ1) is 18.3. The van der Waals surface area contributed by atoms with E-state index in [0.29, 0.717) is 16.3 Å². The van der Waals surface area contributed by atoms with Crippen LogP contribution in [0.25, 0.3) is 10.9 Å². The van der Waals surface area contributed by atoms with Crippen LogP contribution in [-0.4, -0.2) is 61.5 Å². The fraction of sp³-hybridized carbons (Fsp3) is 0.370. The maximum Gasteiger partial charge on any atom is 0.321 e. The molecule has 3 aromatic rings. The number of rotatable bonds is 11. The second-order valence-corrected chi connectivity index (χ2v) is 11.7. The Balaban J connectivity index is 1.62. The minimum absolute atomic E-state index is 0.0842. The average Bonchev–Trinajstić information content (AvgIpc) is 3.20. The van der Waals surface area contributed by atoms with E-state index in [9.17, 15) is 27.9 Å². The lowest BCUT2D eigenvalue weighted by Crippen LogP contribution is -2.28. The summed E-state index contributed by atoms with van der Waals surface area (Å²) in [5.41, 5.74) is 2.90. The lowest BCUT2D eigenvalue weighted by Gasteiger charge is -2.16. The molecule has 0 saturated carbocycles. The average molecular weight is 579 g/mol. The number of aliphatic hydroxyl groups is 1. The molecule has 0 fully saturated rings. The van der Waals surface area contributed by atoms with Crippen molar-refractivity contribution in [1.82, 2.24) is 9.88 Å². The van der Waals surface area contributed by atoms with Gasteiger partial charge in [0.15, 0.2) is 15.6 Å². The molecule has 3 rings (SSSR count). The number of halogens is 1. The fourth-order valence-electron chi connectivity index (χ4n) is 3.93. The van der Waals surface area contributed by atoms with Gasteiger partial charge in [0, 0.05) is 19.4 Å². The van der Waals surface area contributed by atoms with Crippen LogP contribution >= 0.6 is 11.6 Å². The Morgan fingerprint density at radius 1 is 1.08 bits per heavy atom. The van der Waals surface area contributed by atoms with Gasteiger partial charge in [-0.1, -0.05) is 23.7 Å². The zero-order valence-electron chi connectivity index (χ0n) is 22.1. The first-order valence-corrected chi connectivity index (χ1v) is 14.1. The largest absolute Gasteiger partial charge is 0.465 e. The minimum atomic E-state index is -4.00. The molecule has 2 aromatic carbocycles. The summed E-state index contributed by atoms with van der Waals surface area (Å²) in [7, 11) is -2.22. The van der Waals surface area contributed by atoms with Crippen LogP contribution in [0.1, 0.15) is 41.5 Å². The third-order valence-corrected chi connectivity index (χ3v) is 8.06. The van der Waals surface area contributed by atoms with E-state index in [0.717, 1.165) is 16.5 Å². The molecule has 1 amide bonds. The number of fused-ring (bicyclic) bond motifs is 1. The lowest BCUT2D eigenvalue weighted by molar-refractivity contribution is -0.146. The van der Waals surface area contributed by atoms with E-state index in [1.807, 2.05) is 19.1 Å². The first kappa shape index (κ1) is 30.1. The summed E-state index contributed by atoms with van der Waals surface area (Å²) in [6.07, 6.45) is 0. The summed E-state index contributed by atoms with van der Waals surface area (Å²) >= 11 is 6.35. The Hall–Kier alpha value is -3.41. The highest BCUT2D eigenvalue weighted by Gasteiger charge is 2.23. The van der Waals surface area contributed by atoms with E-state index in [1.54, 1.807) is 36.7 Å². The van der Waals surface area contributed by atoms with Crippen LogP contribution < -0.4 is 5.32 Å². The Morgan fingerprint density at radius 2 is 1.72 bits per heavy atom. The van der Waals surface area contributed by atoms with E-state index in [-0.39, 0.29) is 24.0 Å². The van der Waals surface area contributed by atoms with Crippen molar-refractivity contribution >= 4 is 50.2 Å². The molecule has 1 heterocycles. The molecule has 39 heavy (non-hydrogen) atoms. The number of aliphatic hydroxyl groups excluding tert-OH is 1. The number of hydrogen-bond acceptors (Lipinski definition) is 8. The van der Waals surface area contributed by atoms with E-state index in [1.165, 1.54) is 19.1 Å². The Kier molecular flexibility index (Phi) is 9.76. The quantitative estimate of drug-likeness (QED) is 0.331. The Labute approximate surface area is 231 Å². The monoisotopic (exact) mass is 578 g/mol. The molecular weight excluding hydrogens is 548 g/mol. The molecular formula is C27H31ClN2O8S. The van der Waals surface area contributed by atoms with Gasteiger partial charge in [0.25, 0.3) is 5.91 Å². The number of nitrogens with one attached hydrogen (secondary N) is 1. The summed E-state index contributed by atoms with van der Waals surface area (Å²) < 4.78 is 36.9. The SMILES string of the molecule is CC(=O)OCC(CO)COC(=O)CS(=O)(=O)c1ccc(C(C)NC(=O)c2cc3c(Cl)cc(C)cc3n2C)cc1. The van der Waals surface area contributed by atoms with Gasteiger partial charge in [-0.05, 0) is 55.3 Å². The number of benzene rings is 2. The van der Waals surface area contributed by atoms with Crippen molar-refractivity contribution < 1.29 is 37.4 Å². The van der Waals surface area contributed by atoms with E-state index < -0.39 is 46.1 Å². The Bertz CT molecular complexity index is 1480. The van der Waals surface area contributed by atoms with Crippen LogP contribution in [0.3, 0.4) is 0 Å². The van der Waals surface area contributed by atoms with Crippen LogP contribution in [0.4, 0.5) is 0 Å². The van der Waals surface area contributed by atoms with Crippen molar-refractivity contribution in [3.63, 3.8) is 0 Å². The van der Waals surface area contributed by atoms with Gasteiger partial charge in [-0.15, -0.1) is 0 Å². The molecule has 0 aliphatic heterocycles. The van der Waals surface area contributed by atoms with Crippen molar-refractivity contribution in [3.8, 4) is 0 Å². The van der Waals surface area contributed by atoms with Gasteiger partial charge < -0.3 is 24.5 Å². The van der Waals surface area contributed by atoms with Crippen LogP contribution in [0.5, 0.6) is 0 Å².